The van der Waals surface area contributed by atoms with Crippen molar-refractivity contribution < 1.29 is 54.7 Å². The van der Waals surface area contributed by atoms with Crippen LogP contribution < -0.4 is 0 Å². The third-order valence-corrected chi connectivity index (χ3v) is 4.42. The second-order valence-electron chi connectivity index (χ2n) is 6.38. The van der Waals surface area contributed by atoms with E-state index in [1.54, 1.807) is 0 Å². The van der Waals surface area contributed by atoms with Gasteiger partial charge < -0.3 is 54.7 Å². The largest absolute Gasteiger partial charge is 0.394 e. The first kappa shape index (κ1) is 21.9. The maximum Gasteiger partial charge on any atom is 0.187 e. The summed E-state index contributed by atoms with van der Waals surface area (Å²) in [6, 6.07) is 0. The molecule has 2 rings (SSSR count). The van der Waals surface area contributed by atoms with Crippen LogP contribution in [0.1, 0.15) is 13.3 Å². The molecule has 0 saturated carbocycles. The van der Waals surface area contributed by atoms with Gasteiger partial charge in [-0.15, -0.1) is 0 Å². The van der Waals surface area contributed by atoms with Crippen LogP contribution >= 0.6 is 0 Å². The highest BCUT2D eigenvalue weighted by atomic mass is 16.7. The molecule has 0 aromatic rings. The fourth-order valence-corrected chi connectivity index (χ4v) is 2.95. The lowest BCUT2D eigenvalue weighted by atomic mass is 9.98. The minimum absolute atomic E-state index is 0.259. The van der Waals surface area contributed by atoms with Crippen molar-refractivity contribution >= 4 is 0 Å². The first-order valence-electron chi connectivity index (χ1n) is 8.55. The van der Waals surface area contributed by atoms with Crippen molar-refractivity contribution in [3.8, 4) is 0 Å². The molecule has 2 aliphatic rings. The molecule has 0 spiro atoms. The lowest BCUT2D eigenvalue weighted by Crippen LogP contribution is -2.61. The molecule has 0 aromatic carbocycles. The zero-order valence-electron chi connectivity index (χ0n) is 14.4. The first-order valence-corrected chi connectivity index (χ1v) is 8.55. The van der Waals surface area contributed by atoms with Gasteiger partial charge in [-0.05, 0) is 6.42 Å². The van der Waals surface area contributed by atoms with Crippen LogP contribution in [-0.4, -0.2) is 117 Å². The molecule has 2 saturated heterocycles. The Morgan fingerprint density at radius 2 is 1.62 bits per heavy atom. The van der Waals surface area contributed by atoms with Gasteiger partial charge in [0, 0.05) is 6.61 Å². The summed E-state index contributed by atoms with van der Waals surface area (Å²) >= 11 is 0. The van der Waals surface area contributed by atoms with Gasteiger partial charge in [0.2, 0.25) is 0 Å². The SMILES string of the molecule is CCCO[C@@H]1O[C@H](CO)[C@@H](O)[C@H](O[C@H]2O[C@@H]([C@H](O)CO)[C@H](O)[C@H]2O)[C@H]1O. The quantitative estimate of drug-likeness (QED) is 0.217. The molecule has 7 N–H and O–H groups in total. The average Bonchev–Trinajstić information content (AvgIpc) is 2.92. The molecule has 0 amide bonds. The molecular formula is C15H28O11. The molecule has 2 aliphatic heterocycles. The van der Waals surface area contributed by atoms with Gasteiger partial charge in [-0.1, -0.05) is 6.92 Å². The molecule has 154 valence electrons. The maximum atomic E-state index is 10.4. The van der Waals surface area contributed by atoms with E-state index in [0.29, 0.717) is 6.42 Å². The average molecular weight is 384 g/mol. The van der Waals surface area contributed by atoms with Crippen molar-refractivity contribution in [3.63, 3.8) is 0 Å². The fourth-order valence-electron chi connectivity index (χ4n) is 2.95. The van der Waals surface area contributed by atoms with Gasteiger partial charge in [-0.3, -0.25) is 0 Å². The van der Waals surface area contributed by atoms with E-state index in [1.165, 1.54) is 0 Å². The number of hydrogen-bond donors (Lipinski definition) is 7. The predicted molar refractivity (Wildman–Crippen MR) is 82.6 cm³/mol. The van der Waals surface area contributed by atoms with E-state index in [2.05, 4.69) is 0 Å². The lowest BCUT2D eigenvalue weighted by Gasteiger charge is -2.42. The molecule has 0 radical (unpaired) electrons. The Morgan fingerprint density at radius 1 is 0.923 bits per heavy atom. The van der Waals surface area contributed by atoms with Gasteiger partial charge in [0.15, 0.2) is 12.6 Å². The Bertz CT molecular complexity index is 424. The summed E-state index contributed by atoms with van der Waals surface area (Å²) in [7, 11) is 0. The van der Waals surface area contributed by atoms with E-state index >= 15 is 0 Å². The Labute approximate surface area is 150 Å². The normalized spacial score (nSPS) is 45.0. The summed E-state index contributed by atoms with van der Waals surface area (Å²) in [5, 5.41) is 68.5. The van der Waals surface area contributed by atoms with Crippen molar-refractivity contribution in [3.05, 3.63) is 0 Å². The highest BCUT2D eigenvalue weighted by Gasteiger charge is 2.52. The molecule has 0 bridgehead atoms. The summed E-state index contributed by atoms with van der Waals surface area (Å²) < 4.78 is 21.3. The maximum absolute atomic E-state index is 10.4. The molecule has 26 heavy (non-hydrogen) atoms. The van der Waals surface area contributed by atoms with Crippen molar-refractivity contribution in [2.24, 2.45) is 0 Å². The highest BCUT2D eigenvalue weighted by Crippen LogP contribution is 2.30. The smallest absolute Gasteiger partial charge is 0.187 e. The summed E-state index contributed by atoms with van der Waals surface area (Å²) in [6.45, 7) is 0.832. The van der Waals surface area contributed by atoms with Crippen LogP contribution in [0.2, 0.25) is 0 Å². The monoisotopic (exact) mass is 384 g/mol. The van der Waals surface area contributed by atoms with E-state index in [0.717, 1.165) is 0 Å². The van der Waals surface area contributed by atoms with Crippen LogP contribution in [0.5, 0.6) is 0 Å². The number of aliphatic hydroxyl groups is 7. The molecule has 10 atom stereocenters. The Hall–Kier alpha value is -0.440. The van der Waals surface area contributed by atoms with Crippen LogP contribution in [0, 0.1) is 0 Å². The van der Waals surface area contributed by atoms with Crippen molar-refractivity contribution in [1.29, 1.82) is 0 Å². The Kier molecular flexibility index (Phi) is 8.12. The molecule has 2 heterocycles. The fraction of sp³-hybridized carbons (Fsp3) is 1.00. The van der Waals surface area contributed by atoms with Crippen molar-refractivity contribution in [2.45, 2.75) is 74.8 Å². The predicted octanol–water partition coefficient (Wildman–Crippen LogP) is -3.96. The van der Waals surface area contributed by atoms with Gasteiger partial charge in [-0.25, -0.2) is 0 Å². The molecule has 2 fully saturated rings. The number of rotatable bonds is 8. The van der Waals surface area contributed by atoms with Crippen LogP contribution in [0.25, 0.3) is 0 Å². The molecule has 11 nitrogen and oxygen atoms in total. The van der Waals surface area contributed by atoms with Gasteiger partial charge >= 0.3 is 0 Å². The summed E-state index contributed by atoms with van der Waals surface area (Å²) in [5.74, 6) is 0. The third-order valence-electron chi connectivity index (χ3n) is 4.42. The lowest BCUT2D eigenvalue weighted by molar-refractivity contribution is -0.331. The van der Waals surface area contributed by atoms with E-state index < -0.39 is 74.6 Å². The van der Waals surface area contributed by atoms with Crippen LogP contribution in [0.4, 0.5) is 0 Å². The number of aliphatic hydroxyl groups excluding tert-OH is 7. The Morgan fingerprint density at radius 3 is 2.19 bits per heavy atom. The van der Waals surface area contributed by atoms with E-state index in [9.17, 15) is 30.6 Å². The zero-order chi connectivity index (χ0) is 19.4. The van der Waals surface area contributed by atoms with Gasteiger partial charge in [0.25, 0.3) is 0 Å². The zero-order valence-corrected chi connectivity index (χ0v) is 14.4. The molecule has 0 aromatic heterocycles. The van der Waals surface area contributed by atoms with Gasteiger partial charge in [0.05, 0.1) is 13.2 Å². The standard InChI is InChI=1S/C15H28O11/c1-2-3-23-14-11(22)13(8(19)7(5-17)24-14)26-15-10(21)9(20)12(25-15)6(18)4-16/h6-22H,2-5H2,1H3/t6-,7-,8-,9-,10-,11-,12+,13+,14-,15-/m1/s1. The topological polar surface area (TPSA) is 179 Å². The molecule has 0 unspecified atom stereocenters. The summed E-state index contributed by atoms with van der Waals surface area (Å²) in [4.78, 5) is 0. The minimum atomic E-state index is -1.59. The van der Waals surface area contributed by atoms with E-state index in [1.807, 2.05) is 6.92 Å². The van der Waals surface area contributed by atoms with Crippen LogP contribution in [0.3, 0.4) is 0 Å². The van der Waals surface area contributed by atoms with Crippen molar-refractivity contribution in [1.82, 2.24) is 0 Å². The van der Waals surface area contributed by atoms with E-state index in [-0.39, 0.29) is 6.61 Å². The third kappa shape index (κ3) is 4.51. The van der Waals surface area contributed by atoms with Gasteiger partial charge in [0.1, 0.15) is 48.8 Å². The molecular weight excluding hydrogens is 356 g/mol. The first-order chi connectivity index (χ1) is 12.3. The molecule has 0 aliphatic carbocycles. The van der Waals surface area contributed by atoms with Crippen molar-refractivity contribution in [2.75, 3.05) is 19.8 Å². The van der Waals surface area contributed by atoms with Gasteiger partial charge in [-0.2, -0.15) is 0 Å². The second-order valence-corrected chi connectivity index (χ2v) is 6.38. The highest BCUT2D eigenvalue weighted by molar-refractivity contribution is 4.95. The minimum Gasteiger partial charge on any atom is -0.394 e. The second kappa shape index (κ2) is 9.66. The molecule has 11 heteroatoms. The number of hydrogen-bond acceptors (Lipinski definition) is 11. The summed E-state index contributed by atoms with van der Waals surface area (Å²) in [6.07, 6.45) is -13.3. The number of ether oxygens (including phenoxy) is 4. The van der Waals surface area contributed by atoms with Crippen LogP contribution in [-0.2, 0) is 18.9 Å². The Balaban J connectivity index is 2.09. The van der Waals surface area contributed by atoms with E-state index in [4.69, 9.17) is 24.1 Å². The summed E-state index contributed by atoms with van der Waals surface area (Å²) in [5.41, 5.74) is 0. The van der Waals surface area contributed by atoms with Crippen LogP contribution in [0.15, 0.2) is 0 Å².